The fourth-order valence-corrected chi connectivity index (χ4v) is 1.24. The minimum atomic E-state index is -0.432. The Kier molecular flexibility index (Phi) is 0.734. The second-order valence-electron chi connectivity index (χ2n) is 2.46. The van der Waals surface area contributed by atoms with E-state index in [1.165, 1.54) is 19.3 Å². The Morgan fingerprint density at radius 3 is 2.12 bits per heavy atom. The minimum absolute atomic E-state index is 0.432. The summed E-state index contributed by atoms with van der Waals surface area (Å²) >= 11 is 5.81. The number of rotatable bonds is 1. The predicted octanol–water partition coefficient (Wildman–Crippen LogP) is 2.14. The number of hydrogen-bond donors (Lipinski definition) is 0. The van der Waals surface area contributed by atoms with Gasteiger partial charge in [0.1, 0.15) is 0 Å². The van der Waals surface area contributed by atoms with Crippen molar-refractivity contribution in [2.24, 2.45) is 16.1 Å². The van der Waals surface area contributed by atoms with E-state index in [2.05, 4.69) is 10.2 Å². The molecule has 0 N–H and O–H groups in total. The van der Waals surface area contributed by atoms with Crippen LogP contribution in [0.4, 0.5) is 0 Å². The molecular weight excluding hydrogens is 124 g/mol. The standard InChI is InChI=1S/C5H7ClN2/c6-5(7-8-5)4-2-1-3-4/h4H,1-3H2. The predicted molar refractivity (Wildman–Crippen MR) is 30.8 cm³/mol. The third kappa shape index (κ3) is 0.494. The fraction of sp³-hybridized carbons (Fsp3) is 1.00. The summed E-state index contributed by atoms with van der Waals surface area (Å²) < 4.78 is 0. The van der Waals surface area contributed by atoms with Crippen molar-refractivity contribution in [2.45, 2.75) is 24.4 Å². The molecule has 0 unspecified atom stereocenters. The van der Waals surface area contributed by atoms with E-state index in [0.717, 1.165) is 0 Å². The summed E-state index contributed by atoms with van der Waals surface area (Å²) in [5.74, 6) is 0.573. The SMILES string of the molecule is ClC1(C2CCC2)N=N1. The summed E-state index contributed by atoms with van der Waals surface area (Å²) in [7, 11) is 0. The highest BCUT2D eigenvalue weighted by atomic mass is 35.5. The van der Waals surface area contributed by atoms with Crippen molar-refractivity contribution in [3.63, 3.8) is 0 Å². The Bertz CT molecular complexity index is 133. The number of hydrogen-bond acceptors (Lipinski definition) is 2. The molecule has 2 rings (SSSR count). The maximum absolute atomic E-state index is 5.81. The van der Waals surface area contributed by atoms with Gasteiger partial charge in [-0.1, -0.05) is 18.0 Å². The quantitative estimate of drug-likeness (QED) is 0.384. The summed E-state index contributed by atoms with van der Waals surface area (Å²) in [6.07, 6.45) is 3.75. The highest BCUT2D eigenvalue weighted by Crippen LogP contribution is 2.49. The van der Waals surface area contributed by atoms with Crippen LogP contribution in [0.15, 0.2) is 10.2 Å². The Morgan fingerprint density at radius 2 is 2.00 bits per heavy atom. The van der Waals surface area contributed by atoms with Crippen molar-refractivity contribution in [3.05, 3.63) is 0 Å². The lowest BCUT2D eigenvalue weighted by molar-refractivity contribution is 0.283. The molecule has 44 valence electrons. The van der Waals surface area contributed by atoms with Crippen LogP contribution >= 0.6 is 11.6 Å². The van der Waals surface area contributed by atoms with E-state index >= 15 is 0 Å². The smallest absolute Gasteiger partial charge is 0.140 e. The third-order valence-electron chi connectivity index (χ3n) is 1.92. The topological polar surface area (TPSA) is 24.7 Å². The molecule has 1 heterocycles. The molecular formula is C5H7ClN2. The lowest BCUT2D eigenvalue weighted by atomic mass is 9.84. The Hall–Kier alpha value is -0.110. The first-order chi connectivity index (χ1) is 3.81. The highest BCUT2D eigenvalue weighted by Gasteiger charge is 2.48. The fourth-order valence-electron chi connectivity index (χ4n) is 0.987. The van der Waals surface area contributed by atoms with Crippen molar-refractivity contribution in [1.29, 1.82) is 0 Å². The third-order valence-corrected chi connectivity index (χ3v) is 2.38. The lowest BCUT2D eigenvalue weighted by Crippen LogP contribution is -2.24. The van der Waals surface area contributed by atoms with E-state index in [-0.39, 0.29) is 0 Å². The molecule has 1 saturated carbocycles. The van der Waals surface area contributed by atoms with Gasteiger partial charge in [-0.15, -0.1) is 10.2 Å². The highest BCUT2D eigenvalue weighted by molar-refractivity contribution is 6.25. The molecule has 2 aliphatic rings. The minimum Gasteiger partial charge on any atom is -0.140 e. The van der Waals surface area contributed by atoms with Gasteiger partial charge >= 0.3 is 0 Å². The van der Waals surface area contributed by atoms with Crippen LogP contribution in [-0.4, -0.2) is 5.12 Å². The van der Waals surface area contributed by atoms with Gasteiger partial charge in [-0.3, -0.25) is 0 Å². The average molecular weight is 131 g/mol. The summed E-state index contributed by atoms with van der Waals surface area (Å²) in [6, 6.07) is 0. The van der Waals surface area contributed by atoms with Crippen molar-refractivity contribution >= 4 is 11.6 Å². The zero-order valence-electron chi connectivity index (χ0n) is 4.47. The van der Waals surface area contributed by atoms with Gasteiger partial charge in [0, 0.05) is 5.92 Å². The van der Waals surface area contributed by atoms with Crippen LogP contribution in [0.2, 0.25) is 0 Å². The number of nitrogens with zero attached hydrogens (tertiary/aromatic N) is 2. The molecule has 1 aliphatic heterocycles. The molecule has 0 atom stereocenters. The van der Waals surface area contributed by atoms with E-state index in [9.17, 15) is 0 Å². The molecule has 0 bridgehead atoms. The van der Waals surface area contributed by atoms with Gasteiger partial charge in [0.2, 0.25) is 0 Å². The van der Waals surface area contributed by atoms with Crippen LogP contribution in [0, 0.1) is 5.92 Å². The van der Waals surface area contributed by atoms with Crippen LogP contribution < -0.4 is 0 Å². The lowest BCUT2D eigenvalue weighted by Gasteiger charge is -2.25. The van der Waals surface area contributed by atoms with Crippen LogP contribution in [-0.2, 0) is 0 Å². The summed E-state index contributed by atoms with van der Waals surface area (Å²) in [4.78, 5) is 0. The van der Waals surface area contributed by atoms with Crippen LogP contribution in [0.3, 0.4) is 0 Å². The van der Waals surface area contributed by atoms with E-state index in [1.54, 1.807) is 0 Å². The Balaban J connectivity index is 1.97. The first kappa shape index (κ1) is 4.74. The molecule has 0 spiro atoms. The van der Waals surface area contributed by atoms with Gasteiger partial charge in [0.25, 0.3) is 5.12 Å². The van der Waals surface area contributed by atoms with Gasteiger partial charge in [-0.2, -0.15) is 0 Å². The molecule has 0 amide bonds. The molecule has 1 fully saturated rings. The second-order valence-corrected chi connectivity index (χ2v) is 3.02. The molecule has 3 heteroatoms. The first-order valence-corrected chi connectivity index (χ1v) is 3.32. The van der Waals surface area contributed by atoms with Crippen LogP contribution in [0.1, 0.15) is 19.3 Å². The van der Waals surface area contributed by atoms with Gasteiger partial charge in [0.15, 0.2) is 0 Å². The van der Waals surface area contributed by atoms with Crippen molar-refractivity contribution in [2.75, 3.05) is 0 Å². The maximum Gasteiger partial charge on any atom is 0.266 e. The van der Waals surface area contributed by atoms with Crippen molar-refractivity contribution < 1.29 is 0 Å². The maximum atomic E-state index is 5.81. The van der Waals surface area contributed by atoms with Crippen LogP contribution in [0.25, 0.3) is 0 Å². The van der Waals surface area contributed by atoms with E-state index < -0.39 is 5.12 Å². The summed E-state index contributed by atoms with van der Waals surface area (Å²) in [6.45, 7) is 0. The zero-order valence-corrected chi connectivity index (χ0v) is 5.23. The first-order valence-electron chi connectivity index (χ1n) is 2.94. The van der Waals surface area contributed by atoms with Gasteiger partial charge < -0.3 is 0 Å². The molecule has 8 heavy (non-hydrogen) atoms. The normalized spacial score (nSPS) is 32.1. The second kappa shape index (κ2) is 1.24. The molecule has 0 aromatic heterocycles. The largest absolute Gasteiger partial charge is 0.266 e. The van der Waals surface area contributed by atoms with Crippen LogP contribution in [0.5, 0.6) is 0 Å². The monoisotopic (exact) mass is 130 g/mol. The zero-order chi connectivity index (χ0) is 5.61. The van der Waals surface area contributed by atoms with E-state index in [4.69, 9.17) is 11.6 Å². The van der Waals surface area contributed by atoms with E-state index in [0.29, 0.717) is 5.92 Å². The van der Waals surface area contributed by atoms with Crippen molar-refractivity contribution in [1.82, 2.24) is 0 Å². The van der Waals surface area contributed by atoms with Crippen molar-refractivity contribution in [3.8, 4) is 0 Å². The summed E-state index contributed by atoms with van der Waals surface area (Å²) in [5, 5.41) is 7.06. The van der Waals surface area contributed by atoms with E-state index in [1.807, 2.05) is 0 Å². The molecule has 0 radical (unpaired) electrons. The Morgan fingerprint density at radius 1 is 1.38 bits per heavy atom. The molecule has 2 nitrogen and oxygen atoms in total. The Labute approximate surface area is 52.9 Å². The average Bonchev–Trinajstić information content (AvgIpc) is 2.12. The van der Waals surface area contributed by atoms with Gasteiger partial charge in [-0.05, 0) is 12.8 Å². The molecule has 0 saturated heterocycles. The van der Waals surface area contributed by atoms with Gasteiger partial charge in [-0.25, -0.2) is 0 Å². The molecule has 0 aromatic rings. The molecule has 1 aliphatic carbocycles. The summed E-state index contributed by atoms with van der Waals surface area (Å²) in [5.41, 5.74) is 0. The van der Waals surface area contributed by atoms with Gasteiger partial charge in [0.05, 0.1) is 0 Å². The molecule has 0 aromatic carbocycles. The number of halogens is 1. The number of alkyl halides is 1.